The van der Waals surface area contributed by atoms with Crippen molar-refractivity contribution in [3.63, 3.8) is 0 Å². The van der Waals surface area contributed by atoms with Gasteiger partial charge in [-0.15, -0.1) is 0 Å². The van der Waals surface area contributed by atoms with E-state index in [2.05, 4.69) is 42.4 Å². The van der Waals surface area contributed by atoms with Crippen molar-refractivity contribution in [1.29, 1.82) is 0 Å². The average molecular weight is 251 g/mol. The minimum absolute atomic E-state index is 0.550. The van der Waals surface area contributed by atoms with Crippen LogP contribution in [0.25, 0.3) is 16.9 Å². The van der Waals surface area contributed by atoms with Gasteiger partial charge in [-0.3, -0.25) is 0 Å². The summed E-state index contributed by atoms with van der Waals surface area (Å²) in [5, 5.41) is 0. The molecule has 0 atom stereocenters. The van der Waals surface area contributed by atoms with E-state index in [0.717, 1.165) is 28.9 Å². The van der Waals surface area contributed by atoms with Crippen LogP contribution in [0.15, 0.2) is 48.8 Å². The summed E-state index contributed by atoms with van der Waals surface area (Å²) < 4.78 is 2.03. The maximum Gasteiger partial charge on any atom is 0.137 e. The highest BCUT2D eigenvalue weighted by molar-refractivity contribution is 5.63. The van der Waals surface area contributed by atoms with Gasteiger partial charge in [0.25, 0.3) is 0 Å². The summed E-state index contributed by atoms with van der Waals surface area (Å²) in [7, 11) is 0. The second-order valence-corrected chi connectivity index (χ2v) is 4.68. The molecule has 0 aliphatic heterocycles. The van der Waals surface area contributed by atoms with E-state index in [1.54, 1.807) is 0 Å². The predicted molar refractivity (Wildman–Crippen MR) is 77.9 cm³/mol. The van der Waals surface area contributed by atoms with Crippen LogP contribution in [-0.4, -0.2) is 9.38 Å². The van der Waals surface area contributed by atoms with Crippen LogP contribution in [0.1, 0.15) is 18.1 Å². The van der Waals surface area contributed by atoms with E-state index in [0.29, 0.717) is 6.54 Å². The average Bonchev–Trinajstić information content (AvgIpc) is 2.90. The molecule has 0 aliphatic rings. The van der Waals surface area contributed by atoms with Gasteiger partial charge >= 0.3 is 0 Å². The molecular weight excluding hydrogens is 234 g/mol. The molecule has 0 radical (unpaired) electrons. The van der Waals surface area contributed by atoms with Crippen LogP contribution in [0.5, 0.6) is 0 Å². The van der Waals surface area contributed by atoms with Crippen molar-refractivity contribution < 1.29 is 0 Å². The summed E-state index contributed by atoms with van der Waals surface area (Å²) in [6.45, 7) is 2.71. The molecule has 0 fully saturated rings. The molecule has 0 unspecified atom stereocenters. The van der Waals surface area contributed by atoms with Gasteiger partial charge in [0.15, 0.2) is 0 Å². The maximum absolute atomic E-state index is 5.66. The van der Waals surface area contributed by atoms with Crippen molar-refractivity contribution >= 4 is 5.65 Å². The predicted octanol–water partition coefficient (Wildman–Crippen LogP) is 3.02. The van der Waals surface area contributed by atoms with Gasteiger partial charge in [-0.25, -0.2) is 4.98 Å². The first-order valence-corrected chi connectivity index (χ1v) is 6.57. The number of aromatic nitrogens is 2. The summed E-state index contributed by atoms with van der Waals surface area (Å²) >= 11 is 0. The number of benzene rings is 1. The molecule has 1 aromatic carbocycles. The lowest BCUT2D eigenvalue weighted by atomic mass is 10.1. The lowest BCUT2D eigenvalue weighted by Crippen LogP contribution is -1.97. The zero-order valence-electron chi connectivity index (χ0n) is 11.0. The molecule has 2 heterocycles. The highest BCUT2D eigenvalue weighted by atomic mass is 15.0. The maximum atomic E-state index is 5.66. The number of rotatable bonds is 3. The Hall–Kier alpha value is -2.13. The van der Waals surface area contributed by atoms with E-state index in [9.17, 15) is 0 Å². The molecule has 0 saturated carbocycles. The molecule has 3 aromatic rings. The Morgan fingerprint density at radius 3 is 2.42 bits per heavy atom. The molecule has 0 aliphatic carbocycles. The Kier molecular flexibility index (Phi) is 3.05. The first-order chi connectivity index (χ1) is 9.30. The molecule has 0 spiro atoms. The molecule has 0 bridgehead atoms. The normalized spacial score (nSPS) is 11.1. The third-order valence-electron chi connectivity index (χ3n) is 3.41. The van der Waals surface area contributed by atoms with Crippen LogP contribution in [0.3, 0.4) is 0 Å². The molecule has 19 heavy (non-hydrogen) atoms. The summed E-state index contributed by atoms with van der Waals surface area (Å²) in [6.07, 6.45) is 5.15. The van der Waals surface area contributed by atoms with E-state index in [1.165, 1.54) is 5.56 Å². The number of pyridine rings is 1. The fraction of sp³-hybridized carbons (Fsp3) is 0.188. The van der Waals surface area contributed by atoms with Crippen molar-refractivity contribution in [2.75, 3.05) is 0 Å². The number of nitrogens with two attached hydrogens (primary N) is 1. The van der Waals surface area contributed by atoms with Crippen molar-refractivity contribution in [3.05, 3.63) is 59.9 Å². The topological polar surface area (TPSA) is 43.3 Å². The van der Waals surface area contributed by atoms with Gasteiger partial charge < -0.3 is 10.1 Å². The SMILES string of the molecule is CCc1ccc(-c2cn3cc(CN)ccc3n2)cc1. The minimum Gasteiger partial charge on any atom is -0.326 e. The Morgan fingerprint density at radius 1 is 1.00 bits per heavy atom. The highest BCUT2D eigenvalue weighted by Gasteiger charge is 2.04. The van der Waals surface area contributed by atoms with Gasteiger partial charge in [0.1, 0.15) is 5.65 Å². The third kappa shape index (κ3) is 2.25. The zero-order chi connectivity index (χ0) is 13.2. The minimum atomic E-state index is 0.550. The molecule has 3 heteroatoms. The Morgan fingerprint density at radius 2 is 1.74 bits per heavy atom. The van der Waals surface area contributed by atoms with E-state index < -0.39 is 0 Å². The Balaban J connectivity index is 2.04. The summed E-state index contributed by atoms with van der Waals surface area (Å²) in [5.41, 5.74) is 11.2. The zero-order valence-corrected chi connectivity index (χ0v) is 11.0. The number of hydrogen-bond acceptors (Lipinski definition) is 2. The van der Waals surface area contributed by atoms with Gasteiger partial charge in [-0.05, 0) is 23.6 Å². The van der Waals surface area contributed by atoms with Gasteiger partial charge in [-0.1, -0.05) is 37.3 Å². The van der Waals surface area contributed by atoms with Crippen LogP contribution >= 0.6 is 0 Å². The van der Waals surface area contributed by atoms with Gasteiger partial charge in [-0.2, -0.15) is 0 Å². The molecule has 2 N–H and O–H groups in total. The van der Waals surface area contributed by atoms with E-state index in [1.807, 2.05) is 22.7 Å². The first-order valence-electron chi connectivity index (χ1n) is 6.57. The smallest absolute Gasteiger partial charge is 0.137 e. The molecule has 2 aromatic heterocycles. The van der Waals surface area contributed by atoms with Crippen molar-refractivity contribution in [2.45, 2.75) is 19.9 Å². The third-order valence-corrected chi connectivity index (χ3v) is 3.41. The fourth-order valence-corrected chi connectivity index (χ4v) is 2.21. The number of imidazole rings is 1. The van der Waals surface area contributed by atoms with Crippen molar-refractivity contribution in [2.24, 2.45) is 5.73 Å². The van der Waals surface area contributed by atoms with Crippen LogP contribution in [-0.2, 0) is 13.0 Å². The lowest BCUT2D eigenvalue weighted by molar-refractivity contribution is 1.03. The largest absolute Gasteiger partial charge is 0.326 e. The second-order valence-electron chi connectivity index (χ2n) is 4.68. The number of nitrogens with zero attached hydrogens (tertiary/aromatic N) is 2. The number of hydrogen-bond donors (Lipinski definition) is 1. The Labute approximate surface area is 112 Å². The van der Waals surface area contributed by atoms with E-state index in [4.69, 9.17) is 5.73 Å². The summed E-state index contributed by atoms with van der Waals surface area (Å²) in [5.74, 6) is 0. The molecule has 0 amide bonds. The Bertz CT molecular complexity index is 696. The fourth-order valence-electron chi connectivity index (χ4n) is 2.21. The molecule has 3 rings (SSSR count). The highest BCUT2D eigenvalue weighted by Crippen LogP contribution is 2.20. The lowest BCUT2D eigenvalue weighted by Gasteiger charge is -1.98. The molecule has 0 saturated heterocycles. The number of fused-ring (bicyclic) bond motifs is 1. The van der Waals surface area contributed by atoms with Crippen LogP contribution in [0, 0.1) is 0 Å². The van der Waals surface area contributed by atoms with Crippen molar-refractivity contribution in [1.82, 2.24) is 9.38 Å². The van der Waals surface area contributed by atoms with Gasteiger partial charge in [0.05, 0.1) is 5.69 Å². The monoisotopic (exact) mass is 251 g/mol. The standard InChI is InChI=1S/C16H17N3/c1-2-12-3-6-14(7-4-12)15-11-19-10-13(9-17)5-8-16(19)18-15/h3-8,10-11H,2,9,17H2,1H3. The van der Waals surface area contributed by atoms with Crippen LogP contribution < -0.4 is 5.73 Å². The van der Waals surface area contributed by atoms with Gasteiger partial charge in [0, 0.05) is 24.5 Å². The van der Waals surface area contributed by atoms with Crippen molar-refractivity contribution in [3.8, 4) is 11.3 Å². The molecule has 96 valence electrons. The van der Waals surface area contributed by atoms with E-state index in [-0.39, 0.29) is 0 Å². The van der Waals surface area contributed by atoms with Crippen LogP contribution in [0.2, 0.25) is 0 Å². The van der Waals surface area contributed by atoms with E-state index >= 15 is 0 Å². The summed E-state index contributed by atoms with van der Waals surface area (Å²) in [6, 6.07) is 12.6. The second kappa shape index (κ2) is 4.86. The first kappa shape index (κ1) is 11.9. The number of aryl methyl sites for hydroxylation is 1. The quantitative estimate of drug-likeness (QED) is 0.777. The molecular formula is C16H17N3. The molecule has 3 nitrogen and oxygen atoms in total. The van der Waals surface area contributed by atoms with Gasteiger partial charge in [0.2, 0.25) is 0 Å². The van der Waals surface area contributed by atoms with Crippen LogP contribution in [0.4, 0.5) is 0 Å². The summed E-state index contributed by atoms with van der Waals surface area (Å²) in [4.78, 5) is 4.64.